The maximum absolute atomic E-state index is 13.9. The van der Waals surface area contributed by atoms with Crippen molar-refractivity contribution < 1.29 is 22.7 Å². The second-order valence-electron chi connectivity index (χ2n) is 8.47. The molecule has 0 unspecified atom stereocenters. The molecule has 1 saturated heterocycles. The van der Waals surface area contributed by atoms with Crippen LogP contribution < -0.4 is 14.5 Å². The molecule has 5 rings (SSSR count). The number of carbonyl (C=O) groups excluding carboxylic acids is 1. The Morgan fingerprint density at radius 1 is 0.971 bits per heavy atom. The molecule has 1 fully saturated rings. The number of amides is 1. The van der Waals surface area contributed by atoms with E-state index in [-0.39, 0.29) is 29.5 Å². The van der Waals surface area contributed by atoms with Gasteiger partial charge in [0, 0.05) is 33.2 Å². The number of hydrogen-bond donors (Lipinski definition) is 0. The SMILES string of the molecule is COc1ccc(S(=O)(=O)N2CCOCC2)cc1C(=O)N1CCCN(C)c2nc3ccccc3nc21. The van der Waals surface area contributed by atoms with Crippen LogP contribution in [0.25, 0.3) is 11.0 Å². The lowest BCUT2D eigenvalue weighted by molar-refractivity contribution is 0.0730. The first-order valence-corrected chi connectivity index (χ1v) is 12.9. The number of para-hydroxylation sites is 2. The molecule has 1 aromatic heterocycles. The Kier molecular flexibility index (Phi) is 6.30. The van der Waals surface area contributed by atoms with Crippen LogP contribution in [0.4, 0.5) is 11.6 Å². The molecule has 0 saturated carbocycles. The molecular formula is C24H27N5O5S. The van der Waals surface area contributed by atoms with Crippen molar-refractivity contribution in [3.8, 4) is 5.75 Å². The molecule has 2 aliphatic rings. The highest BCUT2D eigenvalue weighted by Crippen LogP contribution is 2.33. The second-order valence-corrected chi connectivity index (χ2v) is 10.4. The number of carbonyl (C=O) groups is 1. The molecule has 0 radical (unpaired) electrons. The standard InChI is InChI=1S/C24H27N5O5S/c1-27-10-5-11-29(23-22(27)25-19-6-3-4-7-20(19)26-23)24(30)18-16-17(8-9-21(18)33-2)35(31,32)28-12-14-34-15-13-28/h3-4,6-9,16H,5,10-15H2,1-2H3. The summed E-state index contributed by atoms with van der Waals surface area (Å²) in [4.78, 5) is 27.1. The maximum Gasteiger partial charge on any atom is 0.263 e. The first-order chi connectivity index (χ1) is 16.9. The van der Waals surface area contributed by atoms with Crippen molar-refractivity contribution in [1.29, 1.82) is 0 Å². The highest BCUT2D eigenvalue weighted by atomic mass is 32.2. The van der Waals surface area contributed by atoms with Crippen LogP contribution in [-0.4, -0.2) is 82.1 Å². The summed E-state index contributed by atoms with van der Waals surface area (Å²) in [5.41, 5.74) is 1.57. The number of sulfonamides is 1. The number of aromatic nitrogens is 2. The fourth-order valence-corrected chi connectivity index (χ4v) is 5.82. The molecule has 10 nitrogen and oxygen atoms in total. The minimum absolute atomic E-state index is 0.0420. The van der Waals surface area contributed by atoms with E-state index in [9.17, 15) is 13.2 Å². The van der Waals surface area contributed by atoms with Crippen molar-refractivity contribution >= 4 is 38.6 Å². The number of hydrogen-bond acceptors (Lipinski definition) is 8. The van der Waals surface area contributed by atoms with E-state index in [4.69, 9.17) is 19.4 Å². The predicted molar refractivity (Wildman–Crippen MR) is 132 cm³/mol. The van der Waals surface area contributed by atoms with Gasteiger partial charge < -0.3 is 14.4 Å². The Bertz CT molecular complexity index is 1370. The third kappa shape index (κ3) is 4.30. The first kappa shape index (κ1) is 23.5. The Balaban J connectivity index is 1.59. The van der Waals surface area contributed by atoms with Crippen molar-refractivity contribution in [2.24, 2.45) is 0 Å². The fraction of sp³-hybridized carbons (Fsp3) is 0.375. The molecule has 2 aliphatic heterocycles. The number of benzene rings is 2. The Morgan fingerprint density at radius 2 is 1.66 bits per heavy atom. The molecule has 11 heteroatoms. The minimum Gasteiger partial charge on any atom is -0.496 e. The lowest BCUT2D eigenvalue weighted by atomic mass is 10.1. The third-order valence-electron chi connectivity index (χ3n) is 6.28. The largest absolute Gasteiger partial charge is 0.496 e. The molecule has 0 bridgehead atoms. The van der Waals surface area contributed by atoms with Crippen LogP contribution in [0.5, 0.6) is 5.75 Å². The zero-order valence-corrected chi connectivity index (χ0v) is 20.5. The summed E-state index contributed by atoms with van der Waals surface area (Å²) >= 11 is 0. The van der Waals surface area contributed by atoms with Crippen LogP contribution in [0.2, 0.25) is 0 Å². The van der Waals surface area contributed by atoms with Gasteiger partial charge in [-0.25, -0.2) is 18.4 Å². The van der Waals surface area contributed by atoms with Crippen molar-refractivity contribution in [3.63, 3.8) is 0 Å². The van der Waals surface area contributed by atoms with Gasteiger partial charge in [0.2, 0.25) is 10.0 Å². The summed E-state index contributed by atoms with van der Waals surface area (Å²) in [7, 11) is -0.407. The highest BCUT2D eigenvalue weighted by Gasteiger charge is 2.32. The molecule has 0 aliphatic carbocycles. The fourth-order valence-electron chi connectivity index (χ4n) is 4.39. The topological polar surface area (TPSA) is 105 Å². The molecule has 0 N–H and O–H groups in total. The van der Waals surface area contributed by atoms with E-state index in [0.29, 0.717) is 55.6 Å². The molecular weight excluding hydrogens is 470 g/mol. The molecule has 3 heterocycles. The van der Waals surface area contributed by atoms with E-state index in [1.807, 2.05) is 36.2 Å². The zero-order chi connectivity index (χ0) is 24.6. The van der Waals surface area contributed by atoms with E-state index in [1.165, 1.54) is 29.6 Å². The van der Waals surface area contributed by atoms with Gasteiger partial charge in [0.05, 0.1) is 41.8 Å². The molecule has 2 aromatic carbocycles. The summed E-state index contributed by atoms with van der Waals surface area (Å²) in [6, 6.07) is 11.9. The number of nitrogens with zero attached hydrogens (tertiary/aromatic N) is 5. The summed E-state index contributed by atoms with van der Waals surface area (Å²) in [6.07, 6.45) is 0.699. The molecule has 0 atom stereocenters. The van der Waals surface area contributed by atoms with E-state index in [1.54, 1.807) is 4.90 Å². The molecule has 184 valence electrons. The van der Waals surface area contributed by atoms with E-state index in [0.717, 1.165) is 5.52 Å². The minimum atomic E-state index is -3.79. The van der Waals surface area contributed by atoms with E-state index < -0.39 is 10.0 Å². The maximum atomic E-state index is 13.9. The van der Waals surface area contributed by atoms with Crippen molar-refractivity contribution in [2.45, 2.75) is 11.3 Å². The summed E-state index contributed by atoms with van der Waals surface area (Å²) in [5.74, 6) is 0.952. The third-order valence-corrected chi connectivity index (χ3v) is 8.18. The average Bonchev–Trinajstić information content (AvgIpc) is 3.05. The van der Waals surface area contributed by atoms with Crippen molar-refractivity contribution in [1.82, 2.24) is 14.3 Å². The normalized spacial score (nSPS) is 17.2. The summed E-state index contributed by atoms with van der Waals surface area (Å²) in [5, 5.41) is 0. The van der Waals surface area contributed by atoms with Gasteiger partial charge in [0.1, 0.15) is 5.75 Å². The average molecular weight is 498 g/mol. The molecule has 1 amide bonds. The van der Waals surface area contributed by atoms with Crippen molar-refractivity contribution in [2.75, 3.05) is 63.4 Å². The first-order valence-electron chi connectivity index (χ1n) is 11.5. The number of ether oxygens (including phenoxy) is 2. The van der Waals surface area contributed by atoms with Crippen LogP contribution in [0.1, 0.15) is 16.8 Å². The molecule has 3 aromatic rings. The number of methoxy groups -OCH3 is 1. The van der Waals surface area contributed by atoms with Crippen LogP contribution >= 0.6 is 0 Å². The second kappa shape index (κ2) is 9.40. The van der Waals surface area contributed by atoms with Gasteiger partial charge in [-0.05, 0) is 36.8 Å². The van der Waals surface area contributed by atoms with Crippen molar-refractivity contribution in [3.05, 3.63) is 48.0 Å². The highest BCUT2D eigenvalue weighted by molar-refractivity contribution is 7.89. The van der Waals surface area contributed by atoms with Gasteiger partial charge in [-0.15, -0.1) is 0 Å². The smallest absolute Gasteiger partial charge is 0.263 e. The van der Waals surface area contributed by atoms with Gasteiger partial charge in [-0.1, -0.05) is 12.1 Å². The number of fused-ring (bicyclic) bond motifs is 2. The summed E-state index contributed by atoms with van der Waals surface area (Å²) < 4.78 is 38.6. The predicted octanol–water partition coefficient (Wildman–Crippen LogP) is 2.15. The monoisotopic (exact) mass is 497 g/mol. The zero-order valence-electron chi connectivity index (χ0n) is 19.7. The number of rotatable bonds is 4. The quantitative estimate of drug-likeness (QED) is 0.540. The lowest BCUT2D eigenvalue weighted by Gasteiger charge is -2.27. The van der Waals surface area contributed by atoms with E-state index >= 15 is 0 Å². The molecule has 0 spiro atoms. The van der Waals surface area contributed by atoms with Gasteiger partial charge in [0.25, 0.3) is 5.91 Å². The van der Waals surface area contributed by atoms with Gasteiger partial charge in [-0.3, -0.25) is 9.69 Å². The number of morpholine rings is 1. The van der Waals surface area contributed by atoms with Gasteiger partial charge >= 0.3 is 0 Å². The van der Waals surface area contributed by atoms with Gasteiger partial charge in [0.15, 0.2) is 11.6 Å². The van der Waals surface area contributed by atoms with E-state index in [2.05, 4.69) is 0 Å². The Hall–Kier alpha value is -3.28. The van der Waals surface area contributed by atoms with Crippen LogP contribution in [-0.2, 0) is 14.8 Å². The van der Waals surface area contributed by atoms with Gasteiger partial charge in [-0.2, -0.15) is 4.31 Å². The lowest BCUT2D eigenvalue weighted by Crippen LogP contribution is -2.40. The molecule has 35 heavy (non-hydrogen) atoms. The Morgan fingerprint density at radius 3 is 2.34 bits per heavy atom. The Labute approximate surface area is 204 Å². The van der Waals surface area contributed by atoms with Crippen LogP contribution in [0.3, 0.4) is 0 Å². The van der Waals surface area contributed by atoms with Crippen LogP contribution in [0, 0.1) is 0 Å². The van der Waals surface area contributed by atoms with Crippen LogP contribution in [0.15, 0.2) is 47.4 Å². The summed E-state index contributed by atoms with van der Waals surface area (Å²) in [6.45, 7) is 2.33. The number of anilines is 2.